The number of rotatable bonds is 1. The van der Waals surface area contributed by atoms with Crippen LogP contribution in [-0.2, 0) is 10.9 Å². The molecule has 15 heavy (non-hydrogen) atoms. The number of benzene rings is 1. The Balaban J connectivity index is 3.23. The highest BCUT2D eigenvalue weighted by Crippen LogP contribution is 2.30. The standard InChI is InChI=1S/C9H6F4O2/c1-15-8(14)5-2-6(9(11,12)13)4-7(10)3-5/h2-4H,1H3. The lowest BCUT2D eigenvalue weighted by Crippen LogP contribution is -2.09. The first-order chi connectivity index (χ1) is 6.84. The van der Waals surface area contributed by atoms with E-state index in [0.29, 0.717) is 18.2 Å². The quantitative estimate of drug-likeness (QED) is 0.539. The summed E-state index contributed by atoms with van der Waals surface area (Å²) in [6.45, 7) is 0. The van der Waals surface area contributed by atoms with E-state index in [1.807, 2.05) is 0 Å². The molecule has 1 aromatic rings. The molecule has 0 amide bonds. The van der Waals surface area contributed by atoms with Crippen molar-refractivity contribution in [3.8, 4) is 0 Å². The van der Waals surface area contributed by atoms with Gasteiger partial charge in [0, 0.05) is 0 Å². The highest BCUT2D eigenvalue weighted by Gasteiger charge is 2.32. The maximum atomic E-state index is 12.7. The van der Waals surface area contributed by atoms with Crippen LogP contribution in [0.4, 0.5) is 17.6 Å². The lowest BCUT2D eigenvalue weighted by atomic mass is 10.1. The number of carbonyl (C=O) groups is 1. The van der Waals surface area contributed by atoms with Gasteiger partial charge in [-0.1, -0.05) is 0 Å². The third-order valence-electron chi connectivity index (χ3n) is 1.65. The number of esters is 1. The van der Waals surface area contributed by atoms with Gasteiger partial charge in [-0.15, -0.1) is 0 Å². The average molecular weight is 222 g/mol. The van der Waals surface area contributed by atoms with Crippen LogP contribution in [0.15, 0.2) is 18.2 Å². The number of methoxy groups -OCH3 is 1. The summed E-state index contributed by atoms with van der Waals surface area (Å²) >= 11 is 0. The number of hydrogen-bond acceptors (Lipinski definition) is 2. The first-order valence-electron chi connectivity index (χ1n) is 3.80. The molecule has 0 heterocycles. The van der Waals surface area contributed by atoms with E-state index >= 15 is 0 Å². The minimum Gasteiger partial charge on any atom is -0.465 e. The highest BCUT2D eigenvalue weighted by atomic mass is 19.4. The molecule has 82 valence electrons. The summed E-state index contributed by atoms with van der Waals surface area (Å²) in [5, 5.41) is 0. The first kappa shape index (κ1) is 11.5. The molecule has 0 spiro atoms. The summed E-state index contributed by atoms with van der Waals surface area (Å²) in [5.41, 5.74) is -1.69. The lowest BCUT2D eigenvalue weighted by molar-refractivity contribution is -0.137. The molecule has 0 unspecified atom stereocenters. The Morgan fingerprint density at radius 1 is 1.27 bits per heavy atom. The van der Waals surface area contributed by atoms with Crippen molar-refractivity contribution < 1.29 is 27.1 Å². The topological polar surface area (TPSA) is 26.3 Å². The van der Waals surface area contributed by atoms with Gasteiger partial charge in [0.25, 0.3) is 0 Å². The first-order valence-corrected chi connectivity index (χ1v) is 3.80. The van der Waals surface area contributed by atoms with Crippen molar-refractivity contribution in [1.29, 1.82) is 0 Å². The van der Waals surface area contributed by atoms with Crippen molar-refractivity contribution in [3.63, 3.8) is 0 Å². The van der Waals surface area contributed by atoms with Crippen molar-refractivity contribution in [2.75, 3.05) is 7.11 Å². The number of hydrogen-bond donors (Lipinski definition) is 0. The normalized spacial score (nSPS) is 11.3. The van der Waals surface area contributed by atoms with Crippen LogP contribution in [0.3, 0.4) is 0 Å². The predicted octanol–water partition coefficient (Wildman–Crippen LogP) is 2.63. The molecule has 0 bridgehead atoms. The molecule has 0 aromatic heterocycles. The van der Waals surface area contributed by atoms with Gasteiger partial charge in [-0.05, 0) is 18.2 Å². The van der Waals surface area contributed by atoms with Gasteiger partial charge in [0.05, 0.1) is 18.2 Å². The second kappa shape index (κ2) is 3.88. The zero-order valence-corrected chi connectivity index (χ0v) is 7.56. The minimum absolute atomic E-state index is 0.312. The van der Waals surface area contributed by atoms with Crippen molar-refractivity contribution in [2.24, 2.45) is 0 Å². The van der Waals surface area contributed by atoms with Gasteiger partial charge in [-0.3, -0.25) is 0 Å². The Morgan fingerprint density at radius 3 is 2.33 bits per heavy atom. The second-order valence-electron chi connectivity index (χ2n) is 2.72. The summed E-state index contributed by atoms with van der Waals surface area (Å²) in [5.74, 6) is -2.15. The predicted molar refractivity (Wildman–Crippen MR) is 42.7 cm³/mol. The van der Waals surface area contributed by atoms with E-state index in [2.05, 4.69) is 4.74 Å². The van der Waals surface area contributed by atoms with Crippen molar-refractivity contribution in [2.45, 2.75) is 6.18 Å². The summed E-state index contributed by atoms with van der Waals surface area (Å²) < 4.78 is 53.5. The van der Waals surface area contributed by atoms with Crippen LogP contribution in [0.1, 0.15) is 15.9 Å². The Hall–Kier alpha value is -1.59. The molecule has 0 aliphatic rings. The van der Waals surface area contributed by atoms with Crippen LogP contribution < -0.4 is 0 Å². The molecule has 0 radical (unpaired) electrons. The maximum Gasteiger partial charge on any atom is 0.416 e. The number of ether oxygens (including phenoxy) is 1. The van der Waals surface area contributed by atoms with Gasteiger partial charge >= 0.3 is 12.1 Å². The van der Waals surface area contributed by atoms with Gasteiger partial charge in [0.15, 0.2) is 0 Å². The average Bonchev–Trinajstić information content (AvgIpc) is 2.14. The second-order valence-corrected chi connectivity index (χ2v) is 2.72. The summed E-state index contributed by atoms with van der Waals surface area (Å²) in [4.78, 5) is 10.9. The molecule has 0 saturated carbocycles. The molecule has 0 aliphatic carbocycles. The fourth-order valence-electron chi connectivity index (χ4n) is 0.989. The Kier molecular flexibility index (Phi) is 2.97. The zero-order chi connectivity index (χ0) is 11.6. The fraction of sp³-hybridized carbons (Fsp3) is 0.222. The fourth-order valence-corrected chi connectivity index (χ4v) is 0.989. The summed E-state index contributed by atoms with van der Waals surface area (Å²) in [6, 6.07) is 1.53. The summed E-state index contributed by atoms with van der Waals surface area (Å²) in [7, 11) is 1.00. The molecule has 6 heteroatoms. The molecule has 1 aromatic carbocycles. The Bertz CT molecular complexity index is 384. The minimum atomic E-state index is -4.69. The number of alkyl halides is 3. The smallest absolute Gasteiger partial charge is 0.416 e. The molecule has 2 nitrogen and oxygen atoms in total. The number of halogens is 4. The van der Waals surface area contributed by atoms with Crippen molar-refractivity contribution >= 4 is 5.97 Å². The van der Waals surface area contributed by atoms with Crippen LogP contribution in [0.5, 0.6) is 0 Å². The molecular weight excluding hydrogens is 216 g/mol. The molecule has 0 aliphatic heterocycles. The van der Waals surface area contributed by atoms with E-state index in [1.165, 1.54) is 0 Å². The summed E-state index contributed by atoms with van der Waals surface area (Å²) in [6.07, 6.45) is -4.69. The van der Waals surface area contributed by atoms with Crippen LogP contribution >= 0.6 is 0 Å². The molecule has 0 saturated heterocycles. The third kappa shape index (κ3) is 2.68. The molecular formula is C9H6F4O2. The van der Waals surface area contributed by atoms with Crippen LogP contribution in [0.2, 0.25) is 0 Å². The van der Waals surface area contributed by atoms with E-state index in [0.717, 1.165) is 7.11 Å². The van der Waals surface area contributed by atoms with Gasteiger partial charge in [0.2, 0.25) is 0 Å². The molecule has 1 rings (SSSR count). The van der Waals surface area contributed by atoms with E-state index in [4.69, 9.17) is 0 Å². The van der Waals surface area contributed by atoms with Gasteiger partial charge in [0.1, 0.15) is 5.82 Å². The van der Waals surface area contributed by atoms with E-state index in [1.54, 1.807) is 0 Å². The Labute approximate surface area is 82.5 Å². The largest absolute Gasteiger partial charge is 0.465 e. The van der Waals surface area contributed by atoms with Crippen LogP contribution in [0, 0.1) is 5.82 Å². The van der Waals surface area contributed by atoms with Crippen LogP contribution in [-0.4, -0.2) is 13.1 Å². The third-order valence-corrected chi connectivity index (χ3v) is 1.65. The SMILES string of the molecule is COC(=O)c1cc(F)cc(C(F)(F)F)c1. The maximum absolute atomic E-state index is 12.7. The molecule has 0 N–H and O–H groups in total. The molecule has 0 fully saturated rings. The molecule has 0 atom stereocenters. The van der Waals surface area contributed by atoms with E-state index in [-0.39, 0.29) is 0 Å². The van der Waals surface area contributed by atoms with E-state index < -0.39 is 29.1 Å². The highest BCUT2D eigenvalue weighted by molar-refractivity contribution is 5.89. The van der Waals surface area contributed by atoms with Crippen molar-refractivity contribution in [1.82, 2.24) is 0 Å². The van der Waals surface area contributed by atoms with Gasteiger partial charge in [-0.2, -0.15) is 13.2 Å². The van der Waals surface area contributed by atoms with E-state index in [9.17, 15) is 22.4 Å². The van der Waals surface area contributed by atoms with Gasteiger partial charge < -0.3 is 4.74 Å². The van der Waals surface area contributed by atoms with Gasteiger partial charge in [-0.25, -0.2) is 9.18 Å². The number of carbonyl (C=O) groups excluding carboxylic acids is 1. The monoisotopic (exact) mass is 222 g/mol. The Morgan fingerprint density at radius 2 is 1.87 bits per heavy atom. The zero-order valence-electron chi connectivity index (χ0n) is 7.56. The lowest BCUT2D eigenvalue weighted by Gasteiger charge is -2.08. The van der Waals surface area contributed by atoms with Crippen molar-refractivity contribution in [3.05, 3.63) is 35.1 Å². The van der Waals surface area contributed by atoms with Crippen LogP contribution in [0.25, 0.3) is 0 Å².